The van der Waals surface area contributed by atoms with Gasteiger partial charge in [-0.25, -0.2) is 4.98 Å². The smallest absolute Gasteiger partial charge is 0.221 e. The van der Waals surface area contributed by atoms with Crippen LogP contribution in [0.4, 0.5) is 11.6 Å². The minimum atomic E-state index is -0.0702. The van der Waals surface area contributed by atoms with Gasteiger partial charge in [-0.05, 0) is 29.2 Å². The zero-order valence-corrected chi connectivity index (χ0v) is 15.7. The van der Waals surface area contributed by atoms with Crippen LogP contribution in [0.2, 0.25) is 0 Å². The number of carbonyl (C=O) groups is 1. The van der Waals surface area contributed by atoms with Gasteiger partial charge in [0.1, 0.15) is 5.65 Å². The van der Waals surface area contributed by atoms with Crippen molar-refractivity contribution in [2.75, 3.05) is 11.1 Å². The minimum absolute atomic E-state index is 0.0702. The van der Waals surface area contributed by atoms with Crippen LogP contribution in [0.5, 0.6) is 0 Å². The van der Waals surface area contributed by atoms with Crippen LogP contribution in [0, 0.1) is 5.41 Å². The highest BCUT2D eigenvalue weighted by Crippen LogP contribution is 2.26. The van der Waals surface area contributed by atoms with Crippen LogP contribution in [0.15, 0.2) is 36.5 Å². The van der Waals surface area contributed by atoms with Gasteiger partial charge in [0.2, 0.25) is 11.9 Å². The molecule has 0 fully saturated rings. The fourth-order valence-electron chi connectivity index (χ4n) is 3.02. The Morgan fingerprint density at radius 3 is 2.54 bits per heavy atom. The summed E-state index contributed by atoms with van der Waals surface area (Å²) in [6.45, 7) is 8.96. The Bertz CT molecular complexity index is 935. The number of anilines is 2. The largest absolute Gasteiger partial charge is 0.368 e. The molecule has 0 saturated heterocycles. The maximum absolute atomic E-state index is 11.2. The van der Waals surface area contributed by atoms with E-state index >= 15 is 0 Å². The quantitative estimate of drug-likeness (QED) is 0.752. The third kappa shape index (κ3) is 4.20. The fraction of sp³-hybridized carbons (Fsp3) is 0.350. The molecule has 0 unspecified atom stereocenters. The molecule has 0 aliphatic rings. The highest BCUT2D eigenvalue weighted by molar-refractivity contribution is 5.88. The number of benzene rings is 1. The number of aromatic nitrogens is 3. The normalized spacial score (nSPS) is 11.7. The summed E-state index contributed by atoms with van der Waals surface area (Å²) in [6, 6.07) is 10.0. The first-order valence-electron chi connectivity index (χ1n) is 8.68. The first-order valence-corrected chi connectivity index (χ1v) is 8.68. The van der Waals surface area contributed by atoms with Gasteiger partial charge < -0.3 is 15.6 Å². The van der Waals surface area contributed by atoms with Crippen LogP contribution >= 0.6 is 0 Å². The van der Waals surface area contributed by atoms with Crippen LogP contribution in [-0.2, 0) is 17.8 Å². The Labute approximate surface area is 153 Å². The lowest BCUT2D eigenvalue weighted by Gasteiger charge is -2.22. The van der Waals surface area contributed by atoms with Crippen LogP contribution in [0.1, 0.15) is 39.0 Å². The molecule has 1 amide bonds. The molecule has 26 heavy (non-hydrogen) atoms. The number of rotatable bonds is 4. The van der Waals surface area contributed by atoms with Crippen molar-refractivity contribution < 1.29 is 4.79 Å². The van der Waals surface area contributed by atoms with E-state index in [2.05, 4.69) is 46.7 Å². The summed E-state index contributed by atoms with van der Waals surface area (Å²) in [5, 5.41) is 3.78. The van der Waals surface area contributed by atoms with Crippen molar-refractivity contribution in [3.8, 4) is 0 Å². The van der Waals surface area contributed by atoms with Gasteiger partial charge in [0, 0.05) is 42.9 Å². The van der Waals surface area contributed by atoms with Gasteiger partial charge in [0.15, 0.2) is 0 Å². The molecule has 2 aromatic heterocycles. The van der Waals surface area contributed by atoms with Crippen LogP contribution in [0.25, 0.3) is 11.0 Å². The molecule has 0 atom stereocenters. The molecule has 0 bridgehead atoms. The van der Waals surface area contributed by atoms with E-state index in [9.17, 15) is 4.79 Å². The van der Waals surface area contributed by atoms with Crippen molar-refractivity contribution in [3.63, 3.8) is 0 Å². The molecule has 2 heterocycles. The zero-order valence-electron chi connectivity index (χ0n) is 15.7. The number of nitrogens with two attached hydrogens (primary N) is 1. The van der Waals surface area contributed by atoms with Gasteiger partial charge in [-0.15, -0.1) is 0 Å². The molecule has 6 heteroatoms. The Morgan fingerprint density at radius 1 is 1.23 bits per heavy atom. The zero-order chi connectivity index (χ0) is 18.9. The van der Waals surface area contributed by atoms with Gasteiger partial charge >= 0.3 is 0 Å². The molecule has 0 spiro atoms. The maximum Gasteiger partial charge on any atom is 0.221 e. The monoisotopic (exact) mass is 351 g/mol. The lowest BCUT2D eigenvalue weighted by Crippen LogP contribution is -2.18. The second-order valence-electron chi connectivity index (χ2n) is 7.84. The number of nitrogens with zero attached hydrogens (tertiary/aromatic N) is 3. The summed E-state index contributed by atoms with van der Waals surface area (Å²) in [7, 11) is 0. The first-order chi connectivity index (χ1) is 12.2. The van der Waals surface area contributed by atoms with E-state index in [1.165, 1.54) is 12.6 Å². The molecule has 0 aliphatic carbocycles. The predicted molar refractivity (Wildman–Crippen MR) is 105 cm³/mol. The van der Waals surface area contributed by atoms with Crippen LogP contribution in [-0.4, -0.2) is 20.4 Å². The van der Waals surface area contributed by atoms with E-state index in [-0.39, 0.29) is 17.3 Å². The van der Waals surface area contributed by atoms with Crippen molar-refractivity contribution in [3.05, 3.63) is 47.8 Å². The SMILES string of the molecule is CC(=O)Nc1ccc(Cc2cc3cnc(N)nc3n2CC(C)(C)C)cc1. The second-order valence-corrected chi connectivity index (χ2v) is 7.84. The summed E-state index contributed by atoms with van der Waals surface area (Å²) in [4.78, 5) is 19.7. The summed E-state index contributed by atoms with van der Waals surface area (Å²) in [5.41, 5.74) is 9.92. The standard InChI is InChI=1S/C20H25N5O/c1-13(26)23-16-7-5-14(6-8-16)9-17-10-15-11-22-19(21)24-18(15)25(17)12-20(2,3)4/h5-8,10-11H,9,12H2,1-4H3,(H,23,26)(H2,21,22,24). The third-order valence-electron chi connectivity index (χ3n) is 4.03. The van der Waals surface area contributed by atoms with Gasteiger partial charge in [0.25, 0.3) is 0 Å². The van der Waals surface area contributed by atoms with Gasteiger partial charge in [-0.3, -0.25) is 4.79 Å². The average molecular weight is 351 g/mol. The molecular weight excluding hydrogens is 326 g/mol. The molecule has 0 radical (unpaired) electrons. The Kier molecular flexibility index (Phi) is 4.68. The summed E-state index contributed by atoms with van der Waals surface area (Å²) < 4.78 is 2.23. The molecule has 6 nitrogen and oxygen atoms in total. The van der Waals surface area contributed by atoms with Gasteiger partial charge in [-0.2, -0.15) is 4.98 Å². The minimum Gasteiger partial charge on any atom is -0.368 e. The number of carbonyl (C=O) groups excluding carboxylic acids is 1. The van der Waals surface area contributed by atoms with Gasteiger partial charge in [0.05, 0.1) is 0 Å². The number of hydrogen-bond donors (Lipinski definition) is 2. The van der Waals surface area contributed by atoms with Crippen molar-refractivity contribution in [1.29, 1.82) is 0 Å². The second kappa shape index (κ2) is 6.78. The number of nitrogen functional groups attached to an aromatic ring is 1. The van der Waals surface area contributed by atoms with Crippen LogP contribution in [0.3, 0.4) is 0 Å². The van der Waals surface area contributed by atoms with E-state index < -0.39 is 0 Å². The van der Waals surface area contributed by atoms with E-state index in [4.69, 9.17) is 5.73 Å². The molecule has 3 aromatic rings. The number of nitrogens with one attached hydrogen (secondary N) is 1. The molecule has 0 saturated carbocycles. The van der Waals surface area contributed by atoms with Crippen molar-refractivity contribution in [2.24, 2.45) is 5.41 Å². The highest BCUT2D eigenvalue weighted by atomic mass is 16.1. The van der Waals surface area contributed by atoms with Crippen molar-refractivity contribution in [2.45, 2.75) is 40.7 Å². The lowest BCUT2D eigenvalue weighted by atomic mass is 9.96. The molecule has 0 aliphatic heterocycles. The number of fused-ring (bicyclic) bond motifs is 1. The van der Waals surface area contributed by atoms with Crippen molar-refractivity contribution in [1.82, 2.24) is 14.5 Å². The Balaban J connectivity index is 1.96. The van der Waals surface area contributed by atoms with E-state index in [1.807, 2.05) is 24.3 Å². The number of hydrogen-bond acceptors (Lipinski definition) is 4. The van der Waals surface area contributed by atoms with Crippen molar-refractivity contribution >= 4 is 28.6 Å². The van der Waals surface area contributed by atoms with Gasteiger partial charge in [-0.1, -0.05) is 32.9 Å². The molecule has 136 valence electrons. The topological polar surface area (TPSA) is 85.8 Å². The Hall–Kier alpha value is -2.89. The Morgan fingerprint density at radius 2 is 1.92 bits per heavy atom. The van der Waals surface area contributed by atoms with E-state index in [1.54, 1.807) is 6.20 Å². The van der Waals surface area contributed by atoms with E-state index in [0.29, 0.717) is 0 Å². The molecule has 3 N–H and O–H groups in total. The molecular formula is C20H25N5O. The average Bonchev–Trinajstić information content (AvgIpc) is 2.84. The molecule has 1 aromatic carbocycles. The molecule has 3 rings (SSSR count). The number of amides is 1. The third-order valence-corrected chi connectivity index (χ3v) is 4.03. The lowest BCUT2D eigenvalue weighted by molar-refractivity contribution is -0.114. The predicted octanol–water partition coefficient (Wildman–Crippen LogP) is 3.61. The summed E-state index contributed by atoms with van der Waals surface area (Å²) >= 11 is 0. The summed E-state index contributed by atoms with van der Waals surface area (Å²) in [6.07, 6.45) is 2.55. The maximum atomic E-state index is 11.2. The first kappa shape index (κ1) is 17.9. The van der Waals surface area contributed by atoms with E-state index in [0.717, 1.165) is 35.2 Å². The van der Waals surface area contributed by atoms with Crippen LogP contribution < -0.4 is 11.1 Å². The summed E-state index contributed by atoms with van der Waals surface area (Å²) in [5.74, 6) is 0.219. The highest BCUT2D eigenvalue weighted by Gasteiger charge is 2.18. The fourth-order valence-corrected chi connectivity index (χ4v) is 3.02.